The number of piperidine rings is 1. The zero-order valence-corrected chi connectivity index (χ0v) is 24.4. The minimum Gasteiger partial charge on any atom is -0.348 e. The minimum absolute atomic E-state index is 0.0248. The Morgan fingerprint density at radius 3 is 2.46 bits per heavy atom. The maximum atomic E-state index is 13.0. The van der Waals surface area contributed by atoms with Gasteiger partial charge in [-0.25, -0.2) is 0 Å². The number of rotatable bonds is 10. The molecular formula is C29H33Cl2N7O3. The third-order valence-corrected chi connectivity index (χ3v) is 7.20. The standard InChI is InChI=1S/C29H33Cl2N7O3/c1-37(2)13-5-10-25(39)33-21-7-3-6-19(16-21)18-38-14-11-20(12-15-38)34-29(41)27-24(17-32-36-27)35-28(40)26-22(30)8-4-9-23(26)31/h3-10,16-17,20H,11-15,18H2,1-2H3,(H,32,36)(H,33,39)(H,34,41)(H,35,40). The number of aromatic amines is 1. The first-order valence-corrected chi connectivity index (χ1v) is 14.0. The first kappa shape index (κ1) is 30.3. The van der Waals surface area contributed by atoms with Crippen LogP contribution in [0.2, 0.25) is 10.0 Å². The summed E-state index contributed by atoms with van der Waals surface area (Å²) in [5.74, 6) is -1.05. The van der Waals surface area contributed by atoms with Crippen molar-refractivity contribution in [1.82, 2.24) is 25.3 Å². The summed E-state index contributed by atoms with van der Waals surface area (Å²) in [6.07, 6.45) is 6.27. The summed E-state index contributed by atoms with van der Waals surface area (Å²) in [7, 11) is 3.89. The van der Waals surface area contributed by atoms with Crippen LogP contribution >= 0.6 is 23.2 Å². The molecule has 0 atom stereocenters. The minimum atomic E-state index is -0.534. The number of amides is 3. The lowest BCUT2D eigenvalue weighted by atomic mass is 10.0. The number of anilines is 2. The van der Waals surface area contributed by atoms with Crippen molar-refractivity contribution >= 4 is 52.3 Å². The molecule has 1 fully saturated rings. The molecule has 0 bridgehead atoms. The molecule has 216 valence electrons. The second kappa shape index (κ2) is 14.3. The molecule has 1 aliphatic rings. The van der Waals surface area contributed by atoms with Gasteiger partial charge in [-0.05, 0) is 56.8 Å². The van der Waals surface area contributed by atoms with E-state index in [1.807, 2.05) is 49.3 Å². The molecule has 2 aromatic carbocycles. The van der Waals surface area contributed by atoms with Gasteiger partial charge in [-0.3, -0.25) is 24.4 Å². The van der Waals surface area contributed by atoms with E-state index in [9.17, 15) is 14.4 Å². The molecule has 0 unspecified atom stereocenters. The Kier molecular flexibility index (Phi) is 10.5. The van der Waals surface area contributed by atoms with Crippen molar-refractivity contribution in [2.75, 3.05) is 44.4 Å². The van der Waals surface area contributed by atoms with E-state index in [1.165, 1.54) is 6.20 Å². The summed E-state index contributed by atoms with van der Waals surface area (Å²) >= 11 is 12.3. The van der Waals surface area contributed by atoms with Crippen molar-refractivity contribution in [3.8, 4) is 0 Å². The van der Waals surface area contributed by atoms with Gasteiger partial charge in [-0.1, -0.05) is 47.5 Å². The summed E-state index contributed by atoms with van der Waals surface area (Å²) in [6.45, 7) is 3.03. The first-order chi connectivity index (χ1) is 19.7. The van der Waals surface area contributed by atoms with E-state index in [2.05, 4.69) is 31.0 Å². The highest BCUT2D eigenvalue weighted by molar-refractivity contribution is 6.40. The number of carbonyl (C=O) groups excluding carboxylic acids is 3. The van der Waals surface area contributed by atoms with E-state index in [0.717, 1.165) is 43.7 Å². The predicted octanol–water partition coefficient (Wildman–Crippen LogP) is 4.42. The van der Waals surface area contributed by atoms with Gasteiger partial charge in [0.1, 0.15) is 5.69 Å². The number of hydrogen-bond donors (Lipinski definition) is 4. The molecule has 1 aliphatic heterocycles. The largest absolute Gasteiger partial charge is 0.348 e. The summed E-state index contributed by atoms with van der Waals surface area (Å²) in [5, 5.41) is 15.6. The molecule has 2 heterocycles. The smallest absolute Gasteiger partial charge is 0.271 e. The second-order valence-electron chi connectivity index (χ2n) is 10.1. The summed E-state index contributed by atoms with van der Waals surface area (Å²) in [4.78, 5) is 42.2. The van der Waals surface area contributed by atoms with Crippen LogP contribution in [0.3, 0.4) is 0 Å². The van der Waals surface area contributed by atoms with Gasteiger partial charge in [0.2, 0.25) is 5.91 Å². The van der Waals surface area contributed by atoms with Gasteiger partial charge in [0.05, 0.1) is 27.5 Å². The van der Waals surface area contributed by atoms with Crippen LogP contribution in [0, 0.1) is 0 Å². The average molecular weight is 599 g/mol. The van der Waals surface area contributed by atoms with Gasteiger partial charge in [0, 0.05) is 44.0 Å². The molecule has 41 heavy (non-hydrogen) atoms. The van der Waals surface area contributed by atoms with E-state index in [-0.39, 0.29) is 44.8 Å². The molecule has 10 nitrogen and oxygen atoms in total. The van der Waals surface area contributed by atoms with Crippen LogP contribution in [0.5, 0.6) is 0 Å². The Labute approximate surface area is 249 Å². The molecule has 3 amide bonds. The number of H-pyrrole nitrogens is 1. The average Bonchev–Trinajstić information content (AvgIpc) is 3.38. The van der Waals surface area contributed by atoms with E-state index >= 15 is 0 Å². The molecule has 4 rings (SSSR count). The van der Waals surface area contributed by atoms with Crippen molar-refractivity contribution < 1.29 is 14.4 Å². The predicted molar refractivity (Wildman–Crippen MR) is 162 cm³/mol. The van der Waals surface area contributed by atoms with Gasteiger partial charge < -0.3 is 20.9 Å². The fourth-order valence-corrected chi connectivity index (χ4v) is 5.08. The van der Waals surface area contributed by atoms with E-state index in [1.54, 1.807) is 24.3 Å². The summed E-state index contributed by atoms with van der Waals surface area (Å²) < 4.78 is 0. The number of likely N-dealkylation sites (N-methyl/N-ethyl adjacent to an activating group) is 1. The zero-order chi connectivity index (χ0) is 29.4. The van der Waals surface area contributed by atoms with Crippen LogP contribution in [0.4, 0.5) is 11.4 Å². The van der Waals surface area contributed by atoms with Crippen LogP contribution in [0.15, 0.2) is 60.8 Å². The van der Waals surface area contributed by atoms with Gasteiger partial charge in [0.15, 0.2) is 0 Å². The highest BCUT2D eigenvalue weighted by atomic mass is 35.5. The van der Waals surface area contributed by atoms with Crippen molar-refractivity contribution in [1.29, 1.82) is 0 Å². The Bertz CT molecular complexity index is 1390. The Hall–Kier alpha value is -3.70. The number of halogens is 2. The molecular weight excluding hydrogens is 565 g/mol. The number of nitrogens with one attached hydrogen (secondary N) is 4. The third kappa shape index (κ3) is 8.64. The Morgan fingerprint density at radius 2 is 1.76 bits per heavy atom. The third-order valence-electron chi connectivity index (χ3n) is 6.57. The number of carbonyl (C=O) groups is 3. The lowest BCUT2D eigenvalue weighted by molar-refractivity contribution is -0.111. The van der Waals surface area contributed by atoms with Crippen molar-refractivity contribution in [3.05, 3.63) is 87.7 Å². The molecule has 1 saturated heterocycles. The fraction of sp³-hybridized carbons (Fsp3) is 0.310. The van der Waals surface area contributed by atoms with Gasteiger partial charge >= 0.3 is 0 Å². The second-order valence-corrected chi connectivity index (χ2v) is 10.9. The number of hydrogen-bond acceptors (Lipinski definition) is 6. The van der Waals surface area contributed by atoms with Crippen LogP contribution in [0.25, 0.3) is 0 Å². The van der Waals surface area contributed by atoms with Crippen LogP contribution in [-0.2, 0) is 11.3 Å². The summed E-state index contributed by atoms with van der Waals surface area (Å²) in [6, 6.07) is 12.6. The maximum absolute atomic E-state index is 13.0. The quantitative estimate of drug-likeness (QED) is 0.257. The molecule has 3 aromatic rings. The van der Waals surface area contributed by atoms with Gasteiger partial charge in [-0.2, -0.15) is 5.10 Å². The van der Waals surface area contributed by atoms with Crippen molar-refractivity contribution in [3.63, 3.8) is 0 Å². The molecule has 0 saturated carbocycles. The highest BCUT2D eigenvalue weighted by Crippen LogP contribution is 2.26. The SMILES string of the molecule is CN(C)CC=CC(=O)Nc1cccc(CN2CCC(NC(=O)c3[nH]ncc3NC(=O)c3c(Cl)cccc3Cl)CC2)c1. The van der Waals surface area contributed by atoms with E-state index in [4.69, 9.17) is 23.2 Å². The molecule has 0 aliphatic carbocycles. The van der Waals surface area contributed by atoms with Crippen LogP contribution in [0.1, 0.15) is 39.3 Å². The molecule has 0 spiro atoms. The lowest BCUT2D eigenvalue weighted by Crippen LogP contribution is -2.44. The van der Waals surface area contributed by atoms with Crippen molar-refractivity contribution in [2.45, 2.75) is 25.4 Å². The lowest BCUT2D eigenvalue weighted by Gasteiger charge is -2.32. The maximum Gasteiger partial charge on any atom is 0.271 e. The molecule has 0 radical (unpaired) electrons. The van der Waals surface area contributed by atoms with Crippen molar-refractivity contribution in [2.24, 2.45) is 0 Å². The van der Waals surface area contributed by atoms with Crippen LogP contribution < -0.4 is 16.0 Å². The normalized spacial score (nSPS) is 14.4. The Balaban J connectivity index is 1.26. The monoisotopic (exact) mass is 597 g/mol. The van der Waals surface area contributed by atoms with Gasteiger partial charge in [-0.15, -0.1) is 0 Å². The number of nitrogens with zero attached hydrogens (tertiary/aromatic N) is 3. The number of aromatic nitrogens is 2. The van der Waals surface area contributed by atoms with Gasteiger partial charge in [0.25, 0.3) is 11.8 Å². The molecule has 4 N–H and O–H groups in total. The highest BCUT2D eigenvalue weighted by Gasteiger charge is 2.24. The Morgan fingerprint density at radius 1 is 1.05 bits per heavy atom. The number of benzene rings is 2. The number of likely N-dealkylation sites (tertiary alicyclic amines) is 1. The zero-order valence-electron chi connectivity index (χ0n) is 22.9. The van der Waals surface area contributed by atoms with Crippen LogP contribution in [-0.4, -0.2) is 77.5 Å². The topological polar surface area (TPSA) is 122 Å². The first-order valence-electron chi connectivity index (χ1n) is 13.2. The molecule has 12 heteroatoms. The van der Waals surface area contributed by atoms with E-state index in [0.29, 0.717) is 6.54 Å². The fourth-order valence-electron chi connectivity index (χ4n) is 4.51. The summed E-state index contributed by atoms with van der Waals surface area (Å²) in [5.41, 5.74) is 2.36. The van der Waals surface area contributed by atoms with E-state index < -0.39 is 5.91 Å². The molecule has 1 aromatic heterocycles.